The maximum absolute atomic E-state index is 14.5. The van der Waals surface area contributed by atoms with Crippen molar-refractivity contribution in [3.63, 3.8) is 0 Å². The molecule has 0 fully saturated rings. The molecule has 55 heavy (non-hydrogen) atoms. The highest BCUT2D eigenvalue weighted by molar-refractivity contribution is 5.91. The number of imide groups is 1. The summed E-state index contributed by atoms with van der Waals surface area (Å²) in [6, 6.07) is 47.7. The Morgan fingerprint density at radius 1 is 0.491 bits per heavy atom. The summed E-state index contributed by atoms with van der Waals surface area (Å²) in [7, 11) is 0. The number of nitrogens with zero attached hydrogens (tertiary/aromatic N) is 1. The molecule has 6 aromatic carbocycles. The molecule has 1 unspecified atom stereocenters. The molecule has 0 spiro atoms. The van der Waals surface area contributed by atoms with Crippen LogP contribution in [0.2, 0.25) is 0 Å². The van der Waals surface area contributed by atoms with Gasteiger partial charge in [0.15, 0.2) is 0 Å². The predicted molar refractivity (Wildman–Crippen MR) is 209 cm³/mol. The van der Waals surface area contributed by atoms with Gasteiger partial charge < -0.3 is 19.9 Å². The number of benzene rings is 6. The molecule has 2 amide bonds. The van der Waals surface area contributed by atoms with Crippen LogP contribution in [0.15, 0.2) is 146 Å². The maximum atomic E-state index is 14.5. The van der Waals surface area contributed by atoms with Gasteiger partial charge in [-0.1, -0.05) is 146 Å². The van der Waals surface area contributed by atoms with Gasteiger partial charge in [0, 0.05) is 24.9 Å². The third kappa shape index (κ3) is 5.95. The van der Waals surface area contributed by atoms with E-state index in [2.05, 4.69) is 24.3 Å². The highest BCUT2D eigenvalue weighted by atomic mass is 16.6. The van der Waals surface area contributed by atoms with E-state index < -0.39 is 30.2 Å². The fourth-order valence-electron chi connectivity index (χ4n) is 8.69. The monoisotopic (exact) mass is 726 g/mol. The van der Waals surface area contributed by atoms with Gasteiger partial charge in [0.05, 0.1) is 5.92 Å². The van der Waals surface area contributed by atoms with Crippen molar-refractivity contribution in [3.8, 4) is 33.4 Å². The van der Waals surface area contributed by atoms with Gasteiger partial charge in [-0.05, 0) is 66.8 Å². The van der Waals surface area contributed by atoms with E-state index in [9.17, 15) is 14.4 Å². The molecular weight excluding hydrogens is 689 g/mol. The highest BCUT2D eigenvalue weighted by Gasteiger charge is 2.44. The molecule has 2 N–H and O–H groups in total. The fourth-order valence-corrected chi connectivity index (χ4v) is 8.69. The van der Waals surface area contributed by atoms with Crippen LogP contribution < -0.4 is 5.73 Å². The van der Waals surface area contributed by atoms with Crippen LogP contribution in [0.25, 0.3) is 33.4 Å². The van der Waals surface area contributed by atoms with Gasteiger partial charge in [0.2, 0.25) is 6.10 Å². The van der Waals surface area contributed by atoms with E-state index in [1.54, 1.807) is 0 Å². The minimum Gasteiger partial charge on any atom is -0.462 e. The lowest BCUT2D eigenvalue weighted by atomic mass is 9.91. The predicted octanol–water partition coefficient (Wildman–Crippen LogP) is 8.87. The van der Waals surface area contributed by atoms with E-state index in [1.165, 1.54) is 0 Å². The van der Waals surface area contributed by atoms with E-state index in [0.717, 1.165) is 71.7 Å². The minimum atomic E-state index is -1.43. The first-order valence-corrected chi connectivity index (χ1v) is 18.6. The second-order valence-corrected chi connectivity index (χ2v) is 14.1. The number of rotatable bonds is 9. The summed E-state index contributed by atoms with van der Waals surface area (Å²) in [4.78, 5) is 43.3. The van der Waals surface area contributed by atoms with Gasteiger partial charge in [-0.3, -0.25) is 0 Å². The summed E-state index contributed by atoms with van der Waals surface area (Å²) >= 11 is 0. The molecule has 8 nitrogen and oxygen atoms in total. The number of esters is 1. The van der Waals surface area contributed by atoms with E-state index in [1.807, 2.05) is 121 Å². The highest BCUT2D eigenvalue weighted by Crippen LogP contribution is 2.49. The quantitative estimate of drug-likeness (QED) is 0.117. The Hall–Kier alpha value is -6.51. The molecule has 3 aliphatic carbocycles. The summed E-state index contributed by atoms with van der Waals surface area (Å²) in [5.41, 5.74) is 18.0. The molecule has 8 heteroatoms. The van der Waals surface area contributed by atoms with Crippen LogP contribution in [-0.2, 0) is 19.0 Å². The lowest BCUT2D eigenvalue weighted by Crippen LogP contribution is -2.45. The van der Waals surface area contributed by atoms with E-state index in [0.29, 0.717) is 0 Å². The van der Waals surface area contributed by atoms with Gasteiger partial charge >= 0.3 is 18.2 Å². The lowest BCUT2D eigenvalue weighted by molar-refractivity contribution is -0.155. The second kappa shape index (κ2) is 14.4. The van der Waals surface area contributed by atoms with Gasteiger partial charge in [0.25, 0.3) is 0 Å². The fraction of sp³-hybridized carbons (Fsp3) is 0.170. The zero-order valence-electron chi connectivity index (χ0n) is 30.0. The number of hydrogen-bond acceptors (Lipinski definition) is 7. The maximum Gasteiger partial charge on any atom is 0.420 e. The number of ether oxygens (including phenoxy) is 3. The molecule has 272 valence electrons. The Labute approximate surface area is 319 Å². The van der Waals surface area contributed by atoms with Crippen molar-refractivity contribution < 1.29 is 28.6 Å². The molecule has 6 aromatic rings. The summed E-state index contributed by atoms with van der Waals surface area (Å²) < 4.78 is 18.1. The van der Waals surface area contributed by atoms with Crippen molar-refractivity contribution in [1.29, 1.82) is 0 Å². The van der Waals surface area contributed by atoms with Crippen LogP contribution >= 0.6 is 0 Å². The molecular formula is C47H38N2O6. The lowest BCUT2D eigenvalue weighted by Gasteiger charge is -2.28. The number of hydrogen-bond donors (Lipinski definition) is 1. The molecule has 0 saturated heterocycles. The van der Waals surface area contributed by atoms with Crippen LogP contribution in [0.4, 0.5) is 9.59 Å². The summed E-state index contributed by atoms with van der Waals surface area (Å²) in [6.45, 7) is -0.176. The van der Waals surface area contributed by atoms with Gasteiger partial charge in [-0.25, -0.2) is 19.3 Å². The smallest absolute Gasteiger partial charge is 0.420 e. The molecule has 0 saturated carbocycles. The Bertz CT molecular complexity index is 2320. The second-order valence-electron chi connectivity index (χ2n) is 14.1. The Balaban J connectivity index is 0.998. The number of amides is 2. The third-order valence-electron chi connectivity index (χ3n) is 11.1. The van der Waals surface area contributed by atoms with E-state index in [4.69, 9.17) is 19.9 Å². The van der Waals surface area contributed by atoms with Crippen molar-refractivity contribution >= 4 is 18.2 Å². The Morgan fingerprint density at radius 2 is 0.836 bits per heavy atom. The number of carbonyl (C=O) groups excluding carboxylic acids is 3. The number of nitrogens with two attached hydrogens (primary N) is 1. The summed E-state index contributed by atoms with van der Waals surface area (Å²) in [6.07, 6.45) is -3.37. The molecule has 0 aliphatic heterocycles. The zero-order valence-corrected chi connectivity index (χ0v) is 30.0. The first-order chi connectivity index (χ1) is 27.0. The normalized spacial score (nSPS) is 14.1. The van der Waals surface area contributed by atoms with E-state index >= 15 is 0 Å². The van der Waals surface area contributed by atoms with Crippen molar-refractivity contribution in [2.45, 2.75) is 23.9 Å². The van der Waals surface area contributed by atoms with Crippen LogP contribution in [0.1, 0.15) is 51.1 Å². The average Bonchev–Trinajstić information content (AvgIpc) is 3.85. The molecule has 0 radical (unpaired) electrons. The number of carbonyl (C=O) groups is 3. The van der Waals surface area contributed by atoms with Crippen LogP contribution in [0.3, 0.4) is 0 Å². The van der Waals surface area contributed by atoms with Crippen molar-refractivity contribution in [3.05, 3.63) is 179 Å². The van der Waals surface area contributed by atoms with Crippen molar-refractivity contribution in [2.24, 2.45) is 5.73 Å². The minimum absolute atomic E-state index is 0.000391. The first-order valence-electron chi connectivity index (χ1n) is 18.6. The van der Waals surface area contributed by atoms with Gasteiger partial charge in [-0.2, -0.15) is 0 Å². The first kappa shape index (κ1) is 34.3. The van der Waals surface area contributed by atoms with Crippen molar-refractivity contribution in [1.82, 2.24) is 4.90 Å². The van der Waals surface area contributed by atoms with Crippen LogP contribution in [-0.4, -0.2) is 55.5 Å². The van der Waals surface area contributed by atoms with Crippen LogP contribution in [0.5, 0.6) is 0 Å². The molecule has 9 rings (SSSR count). The van der Waals surface area contributed by atoms with Crippen LogP contribution in [0, 0.1) is 0 Å². The summed E-state index contributed by atoms with van der Waals surface area (Å²) in [5, 5.41) is 0. The standard InChI is InChI=1S/C47H38N2O6/c48-25-26-49(46(51)54-28-42-37-21-7-3-15-31(37)32-16-4-8-22-38(32)42)47(52)55-44(43-39-23-11-9-17-33(39)34-18-10-12-24-40(34)43)45(50)53-27-41-35-19-5-1-13-29(35)30-14-2-6-20-36(30)41/h1-24,41-44H,25-28,48H2. The van der Waals surface area contributed by atoms with Gasteiger partial charge in [-0.15, -0.1) is 0 Å². The molecule has 3 aliphatic rings. The SMILES string of the molecule is NCCN(C(=O)OCC1c2ccccc2-c2ccccc21)C(=O)OC(C(=O)OCC1c2ccccc2-c2ccccc21)C1c2ccccc2-c2ccccc21. The molecule has 0 bridgehead atoms. The van der Waals surface area contributed by atoms with Gasteiger partial charge in [0.1, 0.15) is 13.2 Å². The largest absolute Gasteiger partial charge is 0.462 e. The topological polar surface area (TPSA) is 108 Å². The number of fused-ring (bicyclic) bond motifs is 9. The summed E-state index contributed by atoms with van der Waals surface area (Å²) in [5.74, 6) is -1.82. The average molecular weight is 727 g/mol. The molecule has 0 aromatic heterocycles. The third-order valence-corrected chi connectivity index (χ3v) is 11.1. The molecule has 1 atom stereocenters. The van der Waals surface area contributed by atoms with Crippen molar-refractivity contribution in [2.75, 3.05) is 26.3 Å². The Morgan fingerprint density at radius 3 is 1.24 bits per heavy atom. The zero-order chi connectivity index (χ0) is 37.5. The Kier molecular flexibility index (Phi) is 8.96. The van der Waals surface area contributed by atoms with E-state index in [-0.39, 0.29) is 38.1 Å². The molecule has 0 heterocycles.